The van der Waals surface area contributed by atoms with Gasteiger partial charge < -0.3 is 14.4 Å². The predicted octanol–water partition coefficient (Wildman–Crippen LogP) is 5.03. The molecular formula is C18H17Cl2NO3. The van der Waals surface area contributed by atoms with Crippen molar-refractivity contribution in [2.24, 2.45) is 0 Å². The van der Waals surface area contributed by atoms with Crippen LogP contribution in [0.5, 0.6) is 5.75 Å². The number of hydrogen-bond donors (Lipinski definition) is 1. The Morgan fingerprint density at radius 3 is 2.58 bits per heavy atom. The molecule has 6 heteroatoms. The number of hydrogen-bond acceptors (Lipinski definition) is 4. The molecule has 0 radical (unpaired) electrons. The third-order valence-corrected chi connectivity index (χ3v) is 3.76. The molecule has 1 heterocycles. The largest absolute Gasteiger partial charge is 0.489 e. The number of aliphatic hydroxyl groups is 1. The molecule has 1 aromatic heterocycles. The van der Waals surface area contributed by atoms with E-state index in [0.717, 1.165) is 5.56 Å². The summed E-state index contributed by atoms with van der Waals surface area (Å²) in [5.41, 5.74) is 2.14. The quantitative estimate of drug-likeness (QED) is 0.698. The molecule has 2 rings (SSSR count). The van der Waals surface area contributed by atoms with Gasteiger partial charge in [0.1, 0.15) is 24.7 Å². The number of rotatable bonds is 7. The van der Waals surface area contributed by atoms with E-state index in [1.54, 1.807) is 24.3 Å². The summed E-state index contributed by atoms with van der Waals surface area (Å²) in [5, 5.41) is 13.7. The number of aromatic nitrogens is 1. The lowest BCUT2D eigenvalue weighted by Gasteiger charge is -2.10. The molecule has 4 nitrogen and oxygen atoms in total. The first-order valence-corrected chi connectivity index (χ1v) is 7.96. The van der Waals surface area contributed by atoms with Crippen LogP contribution in [0.4, 0.5) is 0 Å². The Kier molecular flexibility index (Phi) is 6.67. The lowest BCUT2D eigenvalue weighted by atomic mass is 10.1. The molecule has 0 fully saturated rings. The molecule has 24 heavy (non-hydrogen) atoms. The molecule has 1 N–H and O–H groups in total. The van der Waals surface area contributed by atoms with Gasteiger partial charge in [0.05, 0.1) is 0 Å². The van der Waals surface area contributed by atoms with Crippen LogP contribution in [0.15, 0.2) is 69.2 Å². The Labute approximate surface area is 150 Å². The minimum absolute atomic E-state index is 0.182. The van der Waals surface area contributed by atoms with Crippen LogP contribution in [0.1, 0.15) is 12.7 Å². The SMILES string of the molecule is C=C(Cl)/C(COc1ccc(-c2cc(CO)on2)cc1)=C(Cl)\C=C/C. The van der Waals surface area contributed by atoms with Gasteiger partial charge >= 0.3 is 0 Å². The monoisotopic (exact) mass is 365 g/mol. The van der Waals surface area contributed by atoms with Gasteiger partial charge in [-0.2, -0.15) is 0 Å². The van der Waals surface area contributed by atoms with Crippen LogP contribution in [-0.2, 0) is 6.61 Å². The topological polar surface area (TPSA) is 55.5 Å². The van der Waals surface area contributed by atoms with Gasteiger partial charge in [0.15, 0.2) is 5.76 Å². The maximum Gasteiger partial charge on any atom is 0.162 e. The van der Waals surface area contributed by atoms with Crippen molar-refractivity contribution in [3.63, 3.8) is 0 Å². The molecule has 0 aliphatic carbocycles. The van der Waals surface area contributed by atoms with Gasteiger partial charge in [-0.3, -0.25) is 0 Å². The third kappa shape index (κ3) is 4.74. The van der Waals surface area contributed by atoms with Crippen LogP contribution in [0.2, 0.25) is 0 Å². The van der Waals surface area contributed by atoms with Crippen molar-refractivity contribution in [3.05, 3.63) is 70.5 Å². The average Bonchev–Trinajstić information content (AvgIpc) is 3.04. The predicted molar refractivity (Wildman–Crippen MR) is 96.0 cm³/mol. The van der Waals surface area contributed by atoms with Crippen molar-refractivity contribution in [2.75, 3.05) is 6.61 Å². The molecule has 0 bridgehead atoms. The van der Waals surface area contributed by atoms with Crippen LogP contribution in [0, 0.1) is 0 Å². The average molecular weight is 366 g/mol. The van der Waals surface area contributed by atoms with E-state index in [1.807, 2.05) is 25.1 Å². The minimum Gasteiger partial charge on any atom is -0.489 e. The fourth-order valence-corrected chi connectivity index (χ4v) is 2.42. The zero-order valence-electron chi connectivity index (χ0n) is 13.1. The second-order valence-corrected chi connectivity index (χ2v) is 5.74. The second kappa shape index (κ2) is 8.73. The summed E-state index contributed by atoms with van der Waals surface area (Å²) < 4.78 is 10.7. The van der Waals surface area contributed by atoms with Crippen molar-refractivity contribution in [3.8, 4) is 17.0 Å². The smallest absolute Gasteiger partial charge is 0.162 e. The van der Waals surface area contributed by atoms with Crippen LogP contribution in [0.3, 0.4) is 0 Å². The van der Waals surface area contributed by atoms with Gasteiger partial charge in [0.25, 0.3) is 0 Å². The Bertz CT molecular complexity index is 761. The van der Waals surface area contributed by atoms with Crippen LogP contribution >= 0.6 is 23.2 Å². The number of aliphatic hydroxyl groups excluding tert-OH is 1. The minimum atomic E-state index is -0.182. The van der Waals surface area contributed by atoms with Crippen molar-refractivity contribution in [1.29, 1.82) is 0 Å². The van der Waals surface area contributed by atoms with Gasteiger partial charge in [0, 0.05) is 27.3 Å². The fraction of sp³-hybridized carbons (Fsp3) is 0.167. The molecule has 0 spiro atoms. The van der Waals surface area contributed by atoms with E-state index in [4.69, 9.17) is 37.6 Å². The molecule has 0 amide bonds. The summed E-state index contributed by atoms with van der Waals surface area (Å²) >= 11 is 12.1. The normalized spacial score (nSPS) is 12.3. The van der Waals surface area contributed by atoms with Gasteiger partial charge in [-0.1, -0.05) is 41.0 Å². The van der Waals surface area contributed by atoms with Gasteiger partial charge in [-0.05, 0) is 37.3 Å². The molecule has 126 valence electrons. The van der Waals surface area contributed by atoms with Gasteiger partial charge in [0.2, 0.25) is 0 Å². The number of allylic oxidation sites excluding steroid dienone is 3. The van der Waals surface area contributed by atoms with Crippen LogP contribution < -0.4 is 4.74 Å². The Morgan fingerprint density at radius 1 is 1.33 bits per heavy atom. The molecule has 0 unspecified atom stereocenters. The zero-order valence-corrected chi connectivity index (χ0v) is 14.6. The molecular weight excluding hydrogens is 349 g/mol. The lowest BCUT2D eigenvalue weighted by Crippen LogP contribution is -2.02. The summed E-state index contributed by atoms with van der Waals surface area (Å²) in [6.07, 6.45) is 3.55. The van der Waals surface area contributed by atoms with Crippen molar-refractivity contribution < 1.29 is 14.4 Å². The number of benzene rings is 1. The van der Waals surface area contributed by atoms with E-state index in [0.29, 0.717) is 32.8 Å². The van der Waals surface area contributed by atoms with Gasteiger partial charge in [-0.25, -0.2) is 0 Å². The highest BCUT2D eigenvalue weighted by Crippen LogP contribution is 2.25. The zero-order chi connectivity index (χ0) is 17.5. The first kappa shape index (κ1) is 18.3. The number of nitrogens with zero attached hydrogens (tertiary/aromatic N) is 1. The lowest BCUT2D eigenvalue weighted by molar-refractivity contribution is 0.229. The maximum absolute atomic E-state index is 9.00. The Balaban J connectivity index is 2.08. The molecule has 0 saturated heterocycles. The standard InChI is InChI=1S/C18H17Cl2NO3/c1-3-4-17(20)16(12(2)19)11-23-14-7-5-13(6-8-14)18-9-15(10-22)24-21-18/h3-9,22H,2,10-11H2,1H3/b4-3-,17-16+. The van der Waals surface area contributed by atoms with Crippen LogP contribution in [0.25, 0.3) is 11.3 Å². The Hall–Kier alpha value is -2.01. The molecule has 1 aromatic carbocycles. The molecule has 2 aromatic rings. The van der Waals surface area contributed by atoms with Crippen molar-refractivity contribution >= 4 is 23.2 Å². The third-order valence-electron chi connectivity index (χ3n) is 3.18. The maximum atomic E-state index is 9.00. The van der Waals surface area contributed by atoms with E-state index in [2.05, 4.69) is 11.7 Å². The van der Waals surface area contributed by atoms with E-state index in [9.17, 15) is 0 Å². The second-order valence-electron chi connectivity index (χ2n) is 4.88. The summed E-state index contributed by atoms with van der Waals surface area (Å²) in [6, 6.07) is 8.99. The van der Waals surface area contributed by atoms with Crippen LogP contribution in [-0.4, -0.2) is 16.9 Å². The molecule has 0 aliphatic heterocycles. The Morgan fingerprint density at radius 2 is 2.04 bits per heavy atom. The van der Waals surface area contributed by atoms with E-state index < -0.39 is 0 Å². The van der Waals surface area contributed by atoms with E-state index in [-0.39, 0.29) is 13.2 Å². The number of ether oxygens (including phenoxy) is 1. The highest BCUT2D eigenvalue weighted by Gasteiger charge is 2.08. The van der Waals surface area contributed by atoms with E-state index in [1.165, 1.54) is 0 Å². The summed E-state index contributed by atoms with van der Waals surface area (Å²) in [6.45, 7) is 5.60. The summed E-state index contributed by atoms with van der Waals surface area (Å²) in [4.78, 5) is 0. The van der Waals surface area contributed by atoms with Gasteiger partial charge in [-0.15, -0.1) is 0 Å². The fourth-order valence-electron chi connectivity index (χ4n) is 1.92. The first-order chi connectivity index (χ1) is 11.5. The van der Waals surface area contributed by atoms with E-state index >= 15 is 0 Å². The van der Waals surface area contributed by atoms with Crippen molar-refractivity contribution in [1.82, 2.24) is 5.16 Å². The first-order valence-electron chi connectivity index (χ1n) is 7.21. The molecule has 0 atom stereocenters. The highest BCUT2D eigenvalue weighted by molar-refractivity contribution is 6.36. The number of halogens is 2. The summed E-state index contributed by atoms with van der Waals surface area (Å²) in [5.74, 6) is 1.07. The molecule has 0 aliphatic rings. The van der Waals surface area contributed by atoms with Crippen molar-refractivity contribution in [2.45, 2.75) is 13.5 Å². The summed E-state index contributed by atoms with van der Waals surface area (Å²) in [7, 11) is 0. The highest BCUT2D eigenvalue weighted by atomic mass is 35.5. The molecule has 0 saturated carbocycles.